The fraction of sp³-hybridized carbons (Fsp3) is 0.667. The van der Waals surface area contributed by atoms with E-state index < -0.39 is 10.0 Å². The normalized spacial score (nSPS) is 24.1. The Balaban J connectivity index is 1.50. The summed E-state index contributed by atoms with van der Waals surface area (Å²) in [5.74, 6) is 0.580. The van der Waals surface area contributed by atoms with E-state index in [0.717, 1.165) is 58.4 Å². The highest BCUT2D eigenvalue weighted by Crippen LogP contribution is 2.17. The predicted molar refractivity (Wildman–Crippen MR) is 97.3 cm³/mol. The van der Waals surface area contributed by atoms with Gasteiger partial charge in [0.05, 0.1) is 5.75 Å². The second-order valence-electron chi connectivity index (χ2n) is 7.15. The molecular formula is C18H29N3O2S. The van der Waals surface area contributed by atoms with Crippen molar-refractivity contribution in [1.82, 2.24) is 14.9 Å². The number of likely N-dealkylation sites (tertiary alicyclic amines) is 1. The van der Waals surface area contributed by atoms with E-state index >= 15 is 0 Å². The van der Waals surface area contributed by atoms with E-state index in [4.69, 9.17) is 0 Å². The molecule has 1 unspecified atom stereocenters. The van der Waals surface area contributed by atoms with Gasteiger partial charge in [0.25, 0.3) is 0 Å². The van der Waals surface area contributed by atoms with E-state index in [2.05, 4.69) is 39.2 Å². The van der Waals surface area contributed by atoms with Gasteiger partial charge in [-0.1, -0.05) is 30.3 Å². The third-order valence-corrected chi connectivity index (χ3v) is 6.62. The molecule has 1 aromatic carbocycles. The molecule has 6 heteroatoms. The number of sulfonamides is 1. The number of rotatable bonds is 6. The van der Waals surface area contributed by atoms with Crippen LogP contribution in [0, 0.1) is 5.92 Å². The van der Waals surface area contributed by atoms with Crippen LogP contribution in [0.4, 0.5) is 0 Å². The third kappa shape index (κ3) is 5.55. The zero-order valence-corrected chi connectivity index (χ0v) is 15.1. The molecule has 134 valence electrons. The SMILES string of the molecule is O=S(=O)(CC1CCNCC1)NC1CCCN(Cc2ccccc2)C1. The lowest BCUT2D eigenvalue weighted by Gasteiger charge is -2.33. The van der Waals surface area contributed by atoms with Crippen LogP contribution in [0.25, 0.3) is 0 Å². The van der Waals surface area contributed by atoms with Crippen LogP contribution in [0.2, 0.25) is 0 Å². The van der Waals surface area contributed by atoms with Crippen molar-refractivity contribution < 1.29 is 8.42 Å². The van der Waals surface area contributed by atoms with E-state index in [1.54, 1.807) is 0 Å². The molecule has 2 heterocycles. The van der Waals surface area contributed by atoms with Crippen molar-refractivity contribution in [1.29, 1.82) is 0 Å². The van der Waals surface area contributed by atoms with Crippen molar-refractivity contribution in [3.05, 3.63) is 35.9 Å². The molecule has 2 saturated heterocycles. The highest BCUT2D eigenvalue weighted by atomic mass is 32.2. The molecule has 0 bridgehead atoms. The number of nitrogens with zero attached hydrogens (tertiary/aromatic N) is 1. The summed E-state index contributed by atoms with van der Waals surface area (Å²) in [5.41, 5.74) is 1.29. The fourth-order valence-corrected chi connectivity index (χ4v) is 5.55. The average Bonchev–Trinajstić information content (AvgIpc) is 2.56. The van der Waals surface area contributed by atoms with E-state index in [1.165, 1.54) is 5.56 Å². The fourth-order valence-electron chi connectivity index (χ4n) is 3.80. The summed E-state index contributed by atoms with van der Waals surface area (Å²) in [6.07, 6.45) is 3.92. The molecule has 0 aliphatic carbocycles. The lowest BCUT2D eigenvalue weighted by Crippen LogP contribution is -2.48. The Morgan fingerprint density at radius 3 is 2.62 bits per heavy atom. The van der Waals surface area contributed by atoms with Crippen LogP contribution in [0.3, 0.4) is 0 Å². The summed E-state index contributed by atoms with van der Waals surface area (Å²) in [5, 5.41) is 3.29. The van der Waals surface area contributed by atoms with Crippen LogP contribution in [0.15, 0.2) is 30.3 Å². The largest absolute Gasteiger partial charge is 0.317 e. The standard InChI is InChI=1S/C18H29N3O2S/c22-24(23,15-17-8-10-19-11-9-17)20-18-7-4-12-21(14-18)13-16-5-2-1-3-6-16/h1-3,5-6,17-20H,4,7-15H2. The Kier molecular flexibility index (Phi) is 6.27. The lowest BCUT2D eigenvalue weighted by atomic mass is 10.0. The Morgan fingerprint density at radius 2 is 1.88 bits per heavy atom. The number of piperidine rings is 2. The number of nitrogens with one attached hydrogen (secondary N) is 2. The van der Waals surface area contributed by atoms with Crippen molar-refractivity contribution in [2.45, 2.75) is 38.3 Å². The Hall–Kier alpha value is -0.950. The third-order valence-electron chi connectivity index (χ3n) is 5.01. The molecule has 2 fully saturated rings. The maximum Gasteiger partial charge on any atom is 0.212 e. The van der Waals surface area contributed by atoms with Gasteiger partial charge in [-0.05, 0) is 56.8 Å². The van der Waals surface area contributed by atoms with Crippen molar-refractivity contribution in [3.8, 4) is 0 Å². The van der Waals surface area contributed by atoms with E-state index in [0.29, 0.717) is 5.92 Å². The molecule has 0 aromatic heterocycles. The van der Waals surface area contributed by atoms with Crippen LogP contribution in [0.5, 0.6) is 0 Å². The van der Waals surface area contributed by atoms with Crippen LogP contribution in [-0.2, 0) is 16.6 Å². The van der Waals surface area contributed by atoms with Gasteiger partial charge < -0.3 is 5.32 Å². The zero-order chi connectivity index (χ0) is 16.8. The monoisotopic (exact) mass is 351 g/mol. The van der Waals surface area contributed by atoms with Crippen molar-refractivity contribution in [3.63, 3.8) is 0 Å². The van der Waals surface area contributed by atoms with Crippen molar-refractivity contribution in [2.75, 3.05) is 31.9 Å². The predicted octanol–water partition coefficient (Wildman–Crippen LogP) is 1.57. The molecule has 1 aromatic rings. The minimum absolute atomic E-state index is 0.0502. The Bertz CT molecular complexity index is 600. The van der Waals surface area contributed by atoms with Gasteiger partial charge in [0, 0.05) is 19.1 Å². The molecular weight excluding hydrogens is 322 g/mol. The summed E-state index contributed by atoms with van der Waals surface area (Å²) in [6.45, 7) is 4.62. The topological polar surface area (TPSA) is 61.4 Å². The molecule has 24 heavy (non-hydrogen) atoms. The average molecular weight is 352 g/mol. The van der Waals surface area contributed by atoms with Crippen LogP contribution >= 0.6 is 0 Å². The van der Waals surface area contributed by atoms with Gasteiger partial charge in [0.2, 0.25) is 10.0 Å². The smallest absolute Gasteiger partial charge is 0.212 e. The van der Waals surface area contributed by atoms with E-state index in [1.807, 2.05) is 6.07 Å². The summed E-state index contributed by atoms with van der Waals surface area (Å²) >= 11 is 0. The molecule has 2 aliphatic heterocycles. The molecule has 0 saturated carbocycles. The van der Waals surface area contributed by atoms with E-state index in [9.17, 15) is 8.42 Å². The maximum absolute atomic E-state index is 12.5. The number of hydrogen-bond acceptors (Lipinski definition) is 4. The van der Waals surface area contributed by atoms with Crippen LogP contribution in [0.1, 0.15) is 31.2 Å². The van der Waals surface area contributed by atoms with Gasteiger partial charge >= 0.3 is 0 Å². The van der Waals surface area contributed by atoms with Crippen LogP contribution in [-0.4, -0.2) is 51.3 Å². The Labute approximate surface area is 145 Å². The second kappa shape index (κ2) is 8.43. The van der Waals surface area contributed by atoms with Crippen LogP contribution < -0.4 is 10.0 Å². The van der Waals surface area contributed by atoms with Gasteiger partial charge in [-0.3, -0.25) is 4.90 Å². The lowest BCUT2D eigenvalue weighted by molar-refractivity contribution is 0.194. The zero-order valence-electron chi connectivity index (χ0n) is 14.3. The Morgan fingerprint density at radius 1 is 1.12 bits per heavy atom. The molecule has 0 spiro atoms. The molecule has 1 atom stereocenters. The molecule has 5 nitrogen and oxygen atoms in total. The van der Waals surface area contributed by atoms with Gasteiger partial charge in [0.1, 0.15) is 0 Å². The van der Waals surface area contributed by atoms with Gasteiger partial charge in [-0.2, -0.15) is 0 Å². The van der Waals surface area contributed by atoms with E-state index in [-0.39, 0.29) is 11.8 Å². The quantitative estimate of drug-likeness (QED) is 0.817. The summed E-state index contributed by atoms with van der Waals surface area (Å²) < 4.78 is 27.9. The molecule has 3 rings (SSSR count). The van der Waals surface area contributed by atoms with Gasteiger partial charge in [-0.15, -0.1) is 0 Å². The minimum atomic E-state index is -3.18. The molecule has 0 radical (unpaired) electrons. The van der Waals surface area contributed by atoms with Gasteiger partial charge in [-0.25, -0.2) is 13.1 Å². The molecule has 2 aliphatic rings. The maximum atomic E-state index is 12.5. The second-order valence-corrected chi connectivity index (χ2v) is 8.95. The molecule has 2 N–H and O–H groups in total. The summed E-state index contributed by atoms with van der Waals surface area (Å²) in [7, 11) is -3.18. The first-order valence-electron chi connectivity index (χ1n) is 9.08. The first-order chi connectivity index (χ1) is 11.6. The highest BCUT2D eigenvalue weighted by molar-refractivity contribution is 7.89. The van der Waals surface area contributed by atoms with Crippen molar-refractivity contribution >= 4 is 10.0 Å². The first-order valence-corrected chi connectivity index (χ1v) is 10.7. The van der Waals surface area contributed by atoms with Crippen molar-refractivity contribution in [2.24, 2.45) is 5.92 Å². The number of hydrogen-bond donors (Lipinski definition) is 2. The minimum Gasteiger partial charge on any atom is -0.317 e. The molecule has 0 amide bonds. The highest BCUT2D eigenvalue weighted by Gasteiger charge is 2.27. The summed E-state index contributed by atoms with van der Waals surface area (Å²) in [6, 6.07) is 10.4. The first kappa shape index (κ1) is 17.9. The summed E-state index contributed by atoms with van der Waals surface area (Å²) in [4.78, 5) is 2.36. The van der Waals surface area contributed by atoms with Gasteiger partial charge in [0.15, 0.2) is 0 Å². The number of benzene rings is 1.